The van der Waals surface area contributed by atoms with E-state index < -0.39 is 5.91 Å². The van der Waals surface area contributed by atoms with Crippen molar-refractivity contribution < 1.29 is 4.79 Å². The van der Waals surface area contributed by atoms with E-state index in [4.69, 9.17) is 0 Å². The molecule has 3 aromatic heterocycles. The standard InChI is InChI=1S/C18H17N7O2S2/c1-3-28-18-22-21-17(29-18)20-14(26)10-24-16(27)15-13(11(2)23-24)9-19-25(15)12-7-5-4-6-8-12/h4-9H,3,10H2,1-2H3,(H,20,21,26). The highest BCUT2D eigenvalue weighted by molar-refractivity contribution is 8.01. The molecule has 0 radical (unpaired) electrons. The van der Waals surface area contributed by atoms with Gasteiger partial charge in [0, 0.05) is 5.39 Å². The molecule has 11 heteroatoms. The lowest BCUT2D eigenvalue weighted by Gasteiger charge is -2.08. The minimum absolute atomic E-state index is 0.231. The first-order chi connectivity index (χ1) is 14.1. The Morgan fingerprint density at radius 3 is 2.79 bits per heavy atom. The number of hydrogen-bond donors (Lipinski definition) is 1. The largest absolute Gasteiger partial charge is 0.299 e. The molecule has 0 spiro atoms. The third-order valence-corrected chi connectivity index (χ3v) is 5.94. The summed E-state index contributed by atoms with van der Waals surface area (Å²) in [5.74, 6) is 0.476. The predicted molar refractivity (Wildman–Crippen MR) is 113 cm³/mol. The molecule has 0 aliphatic carbocycles. The molecule has 0 aliphatic heterocycles. The van der Waals surface area contributed by atoms with Crippen molar-refractivity contribution in [2.75, 3.05) is 11.1 Å². The normalized spacial score (nSPS) is 11.1. The van der Waals surface area contributed by atoms with Crippen LogP contribution in [0.15, 0.2) is 45.7 Å². The summed E-state index contributed by atoms with van der Waals surface area (Å²) in [7, 11) is 0. The number of aryl methyl sites for hydroxylation is 1. The van der Waals surface area contributed by atoms with Crippen LogP contribution in [0.5, 0.6) is 0 Å². The van der Waals surface area contributed by atoms with Crippen molar-refractivity contribution in [1.29, 1.82) is 0 Å². The molecule has 0 aliphatic rings. The minimum Gasteiger partial charge on any atom is -0.299 e. The molecular weight excluding hydrogens is 410 g/mol. The first-order valence-corrected chi connectivity index (χ1v) is 10.6. The highest BCUT2D eigenvalue weighted by atomic mass is 32.2. The lowest BCUT2D eigenvalue weighted by Crippen LogP contribution is -2.31. The van der Waals surface area contributed by atoms with E-state index in [9.17, 15) is 9.59 Å². The highest BCUT2D eigenvalue weighted by Gasteiger charge is 2.17. The molecule has 0 atom stereocenters. The Bertz CT molecular complexity index is 1230. The molecule has 0 fully saturated rings. The van der Waals surface area contributed by atoms with Crippen molar-refractivity contribution in [3.8, 4) is 5.69 Å². The van der Waals surface area contributed by atoms with E-state index in [0.29, 0.717) is 21.7 Å². The van der Waals surface area contributed by atoms with Crippen molar-refractivity contribution >= 4 is 45.0 Å². The van der Waals surface area contributed by atoms with E-state index in [0.717, 1.165) is 20.5 Å². The first-order valence-electron chi connectivity index (χ1n) is 8.84. The number of anilines is 1. The van der Waals surface area contributed by atoms with Gasteiger partial charge in [-0.15, -0.1) is 10.2 Å². The molecule has 148 valence electrons. The lowest BCUT2D eigenvalue weighted by atomic mass is 10.2. The van der Waals surface area contributed by atoms with Crippen LogP contribution < -0.4 is 10.9 Å². The number of para-hydroxylation sites is 1. The van der Waals surface area contributed by atoms with Gasteiger partial charge in [0.05, 0.1) is 17.6 Å². The zero-order valence-electron chi connectivity index (χ0n) is 15.7. The van der Waals surface area contributed by atoms with Gasteiger partial charge in [0.15, 0.2) is 4.34 Å². The summed E-state index contributed by atoms with van der Waals surface area (Å²) in [5, 5.41) is 20.3. The van der Waals surface area contributed by atoms with E-state index in [-0.39, 0.29) is 12.1 Å². The Kier molecular flexibility index (Phi) is 5.41. The fourth-order valence-electron chi connectivity index (χ4n) is 2.83. The minimum atomic E-state index is -0.395. The Morgan fingerprint density at radius 2 is 2.03 bits per heavy atom. The molecule has 9 nitrogen and oxygen atoms in total. The number of carbonyl (C=O) groups excluding carboxylic acids is 1. The summed E-state index contributed by atoms with van der Waals surface area (Å²) in [4.78, 5) is 25.5. The molecule has 0 bridgehead atoms. The van der Waals surface area contributed by atoms with Crippen molar-refractivity contribution in [3.63, 3.8) is 0 Å². The van der Waals surface area contributed by atoms with Crippen molar-refractivity contribution in [2.45, 2.75) is 24.7 Å². The van der Waals surface area contributed by atoms with Crippen LogP contribution in [-0.4, -0.2) is 41.4 Å². The van der Waals surface area contributed by atoms with Crippen LogP contribution in [0.1, 0.15) is 12.6 Å². The number of hydrogen-bond acceptors (Lipinski definition) is 8. The lowest BCUT2D eigenvalue weighted by molar-refractivity contribution is -0.117. The van der Waals surface area contributed by atoms with Gasteiger partial charge in [0.1, 0.15) is 12.1 Å². The van der Waals surface area contributed by atoms with Gasteiger partial charge in [-0.3, -0.25) is 14.9 Å². The molecule has 3 heterocycles. The molecular formula is C18H17N7O2S2. The van der Waals surface area contributed by atoms with E-state index in [2.05, 4.69) is 25.7 Å². The fourth-order valence-corrected chi connectivity index (χ4v) is 4.50. The second-order valence-electron chi connectivity index (χ2n) is 6.06. The molecule has 1 amide bonds. The smallest absolute Gasteiger partial charge is 0.293 e. The SMILES string of the molecule is CCSc1nnc(NC(=O)Cn2nc(C)c3cnn(-c4ccccc4)c3c2=O)s1. The van der Waals surface area contributed by atoms with E-state index >= 15 is 0 Å². The molecule has 29 heavy (non-hydrogen) atoms. The average Bonchev–Trinajstić information content (AvgIpc) is 3.34. The van der Waals surface area contributed by atoms with E-state index in [1.165, 1.54) is 11.3 Å². The quantitative estimate of drug-likeness (QED) is 0.372. The molecule has 0 unspecified atom stereocenters. The van der Waals surface area contributed by atoms with Gasteiger partial charge in [0.25, 0.3) is 5.56 Å². The average molecular weight is 428 g/mol. The van der Waals surface area contributed by atoms with Crippen LogP contribution in [0.4, 0.5) is 5.13 Å². The van der Waals surface area contributed by atoms with Crippen LogP contribution in [-0.2, 0) is 11.3 Å². The van der Waals surface area contributed by atoms with Crippen LogP contribution in [0, 0.1) is 6.92 Å². The summed E-state index contributed by atoms with van der Waals surface area (Å²) in [6.45, 7) is 3.57. The molecule has 0 saturated heterocycles. The number of benzene rings is 1. The van der Waals surface area contributed by atoms with Crippen LogP contribution in [0.25, 0.3) is 16.6 Å². The number of amides is 1. The molecule has 0 saturated carbocycles. The van der Waals surface area contributed by atoms with Gasteiger partial charge >= 0.3 is 0 Å². The maximum Gasteiger partial charge on any atom is 0.293 e. The summed E-state index contributed by atoms with van der Waals surface area (Å²) in [6.07, 6.45) is 1.62. The number of fused-ring (bicyclic) bond motifs is 1. The topological polar surface area (TPSA) is 108 Å². The van der Waals surface area contributed by atoms with Gasteiger partial charge in [-0.1, -0.05) is 48.2 Å². The number of nitrogens with one attached hydrogen (secondary N) is 1. The Labute approximate surface area is 173 Å². The van der Waals surface area contributed by atoms with Gasteiger partial charge in [0.2, 0.25) is 11.0 Å². The van der Waals surface area contributed by atoms with E-state index in [1.54, 1.807) is 29.6 Å². The van der Waals surface area contributed by atoms with Crippen molar-refractivity contribution in [1.82, 2.24) is 29.8 Å². The molecule has 4 aromatic rings. The summed E-state index contributed by atoms with van der Waals surface area (Å²) in [5.41, 5.74) is 1.37. The number of thioether (sulfide) groups is 1. The molecule has 4 rings (SSSR count). The van der Waals surface area contributed by atoms with Gasteiger partial charge < -0.3 is 0 Å². The zero-order valence-corrected chi connectivity index (χ0v) is 17.3. The maximum absolute atomic E-state index is 13.0. The predicted octanol–water partition coefficient (Wildman–Crippen LogP) is 2.49. The van der Waals surface area contributed by atoms with Crippen molar-refractivity contribution in [2.24, 2.45) is 0 Å². The molecule has 1 N–H and O–H groups in total. The highest BCUT2D eigenvalue weighted by Crippen LogP contribution is 2.25. The van der Waals surface area contributed by atoms with Gasteiger partial charge in [-0.2, -0.15) is 10.2 Å². The van der Waals surface area contributed by atoms with Crippen LogP contribution in [0.3, 0.4) is 0 Å². The van der Waals surface area contributed by atoms with Crippen LogP contribution >= 0.6 is 23.1 Å². The Hall–Kier alpha value is -3.05. The number of nitrogens with zero attached hydrogens (tertiary/aromatic N) is 6. The number of aromatic nitrogens is 6. The Balaban J connectivity index is 1.64. The van der Waals surface area contributed by atoms with Crippen LogP contribution in [0.2, 0.25) is 0 Å². The third kappa shape index (κ3) is 3.91. The first kappa shape index (κ1) is 19.3. The number of rotatable bonds is 6. The second kappa shape index (κ2) is 8.13. The van der Waals surface area contributed by atoms with Gasteiger partial charge in [-0.05, 0) is 24.8 Å². The third-order valence-electron chi connectivity index (χ3n) is 4.08. The Morgan fingerprint density at radius 1 is 1.24 bits per heavy atom. The maximum atomic E-state index is 13.0. The zero-order chi connectivity index (χ0) is 20.4. The van der Waals surface area contributed by atoms with Crippen molar-refractivity contribution in [3.05, 3.63) is 52.6 Å². The second-order valence-corrected chi connectivity index (χ2v) is 8.55. The van der Waals surface area contributed by atoms with Gasteiger partial charge in [-0.25, -0.2) is 9.36 Å². The molecule has 1 aromatic carbocycles. The monoisotopic (exact) mass is 427 g/mol. The number of carbonyl (C=O) groups is 1. The summed E-state index contributed by atoms with van der Waals surface area (Å²) >= 11 is 2.84. The fraction of sp³-hybridized carbons (Fsp3) is 0.222. The van der Waals surface area contributed by atoms with E-state index in [1.807, 2.05) is 37.3 Å². The summed E-state index contributed by atoms with van der Waals surface area (Å²) in [6, 6.07) is 9.36. The summed E-state index contributed by atoms with van der Waals surface area (Å²) < 4.78 is 3.50.